The van der Waals surface area contributed by atoms with Crippen molar-refractivity contribution in [3.8, 4) is 101 Å². The molecule has 0 saturated heterocycles. The van der Waals surface area contributed by atoms with Crippen molar-refractivity contribution in [1.82, 2.24) is 0 Å². The summed E-state index contributed by atoms with van der Waals surface area (Å²) in [5.74, 6) is 5.16. The minimum atomic E-state index is -0.252. The van der Waals surface area contributed by atoms with Gasteiger partial charge in [0.25, 0.3) is 0 Å². The molecule has 1 aliphatic carbocycles. The van der Waals surface area contributed by atoms with Crippen LogP contribution in [0.5, 0.6) is 34.5 Å². The zero-order valence-electron chi connectivity index (χ0n) is 64.3. The van der Waals surface area contributed by atoms with E-state index in [1.165, 1.54) is 121 Å². The minimum absolute atomic E-state index is 0.219. The third kappa shape index (κ3) is 10.3. The standard InChI is InChI=1S/C41H28O2.C37H24O2.C31H22O2/c1-41(2)35-19-18-34-33-9-5-6-10-37(33)42-39(34)40(35)43-38-20-17-32(24-36(38)41)31-16-15-29-22-28(13-14-30(29)23-31)27-12-11-25-7-3-4-8-26(25)21-27;1-37(2)30-18-14-21(22-15-16-28-24-9-4-3-8-23(24)27-12-7-11-26(22)34(27)28)20-33(30)39-36-31(37)19-17-29-25-10-5-6-13-32(25)38-35(29)36;1-31(2)25-15-14-24-23-9-5-6-10-27(23)32-29(24)30(25)33-28-16-13-22(18-26(28)31)21-12-11-19-7-3-4-8-20(19)17-21/h3-24H,1-2H3;3-20H,1-2H3;3-18H,1-2H3. The monoisotopic (exact) mass is 1480 g/mol. The molecule has 0 bridgehead atoms. The summed E-state index contributed by atoms with van der Waals surface area (Å²) in [6, 6.07) is 121. The van der Waals surface area contributed by atoms with Crippen molar-refractivity contribution in [3.63, 3.8) is 0 Å². The molecule has 4 aliphatic rings. The number of para-hydroxylation sites is 3. The van der Waals surface area contributed by atoms with E-state index in [0.29, 0.717) is 0 Å². The molecule has 21 aromatic rings. The molecule has 0 unspecified atom stereocenters. The highest BCUT2D eigenvalue weighted by atomic mass is 16.5. The van der Waals surface area contributed by atoms with Crippen molar-refractivity contribution in [3.05, 3.63) is 373 Å². The maximum Gasteiger partial charge on any atom is 0.178 e. The van der Waals surface area contributed by atoms with Crippen LogP contribution in [-0.2, 0) is 16.2 Å². The highest BCUT2D eigenvalue weighted by molar-refractivity contribution is 6.19. The lowest BCUT2D eigenvalue weighted by atomic mass is 9.74. The van der Waals surface area contributed by atoms with Gasteiger partial charge in [-0.1, -0.05) is 290 Å². The molecular weight excluding hydrogens is 1410 g/mol. The van der Waals surface area contributed by atoms with Crippen molar-refractivity contribution < 1.29 is 27.5 Å². The van der Waals surface area contributed by atoms with E-state index in [9.17, 15) is 0 Å². The number of benzene rings is 18. The lowest BCUT2D eigenvalue weighted by Gasteiger charge is -2.34. The fraction of sp³-hybridized carbons (Fsp3) is 0.0826. The van der Waals surface area contributed by atoms with Crippen LogP contribution in [0.15, 0.2) is 353 Å². The summed E-state index contributed by atoms with van der Waals surface area (Å²) in [5, 5.41) is 16.7. The summed E-state index contributed by atoms with van der Waals surface area (Å²) in [6.07, 6.45) is 0. The smallest absolute Gasteiger partial charge is 0.178 e. The van der Waals surface area contributed by atoms with E-state index in [4.69, 9.17) is 27.5 Å². The maximum absolute atomic E-state index is 6.75. The number of rotatable bonds is 4. The number of hydrogen-bond donors (Lipinski definition) is 0. The molecular formula is C109H74O6. The molecule has 0 amide bonds. The van der Waals surface area contributed by atoms with Gasteiger partial charge < -0.3 is 27.5 Å². The normalized spacial score (nSPS) is 14.1. The number of furan rings is 3. The van der Waals surface area contributed by atoms with Gasteiger partial charge in [0.1, 0.15) is 34.0 Å². The van der Waals surface area contributed by atoms with Gasteiger partial charge in [0.2, 0.25) is 0 Å². The second kappa shape index (κ2) is 24.9. The average molecular weight is 1480 g/mol. The topological polar surface area (TPSA) is 67.1 Å². The molecule has 0 N–H and O–H groups in total. The van der Waals surface area contributed by atoms with Crippen LogP contribution in [0, 0.1) is 0 Å². The first-order valence-electron chi connectivity index (χ1n) is 39.7. The molecule has 0 radical (unpaired) electrons. The van der Waals surface area contributed by atoms with Gasteiger partial charge in [-0.3, -0.25) is 0 Å². The van der Waals surface area contributed by atoms with Crippen molar-refractivity contribution in [2.45, 2.75) is 57.8 Å². The first-order chi connectivity index (χ1) is 56.2. The van der Waals surface area contributed by atoms with Crippen LogP contribution in [0.4, 0.5) is 0 Å². The minimum Gasteiger partial charge on any atom is -0.453 e. The van der Waals surface area contributed by atoms with E-state index in [0.717, 1.165) is 123 Å². The molecule has 3 aliphatic heterocycles. The van der Waals surface area contributed by atoms with Gasteiger partial charge >= 0.3 is 0 Å². The first-order valence-corrected chi connectivity index (χ1v) is 39.7. The molecule has 0 saturated carbocycles. The lowest BCUT2D eigenvalue weighted by Crippen LogP contribution is -2.24. The molecule has 18 aromatic carbocycles. The molecule has 0 fully saturated rings. The van der Waals surface area contributed by atoms with E-state index >= 15 is 0 Å². The van der Waals surface area contributed by atoms with Gasteiger partial charge in [0, 0.05) is 81.9 Å². The molecule has 6 nitrogen and oxygen atoms in total. The summed E-state index contributed by atoms with van der Waals surface area (Å²) in [6.45, 7) is 13.6. The van der Waals surface area contributed by atoms with Crippen LogP contribution < -0.4 is 14.2 Å². The Morgan fingerprint density at radius 2 is 0.513 bits per heavy atom. The Balaban J connectivity index is 0.000000103. The summed E-state index contributed by atoms with van der Waals surface area (Å²) in [7, 11) is 0. The van der Waals surface area contributed by atoms with Gasteiger partial charge in [-0.2, -0.15) is 0 Å². The number of ether oxygens (including phenoxy) is 3. The summed E-state index contributed by atoms with van der Waals surface area (Å²) >= 11 is 0. The molecule has 546 valence electrons. The fourth-order valence-corrected chi connectivity index (χ4v) is 19.1. The molecule has 3 aromatic heterocycles. The predicted octanol–water partition coefficient (Wildman–Crippen LogP) is 31.0. The first kappa shape index (κ1) is 66.6. The molecule has 115 heavy (non-hydrogen) atoms. The van der Waals surface area contributed by atoms with Crippen LogP contribution in [-0.4, -0.2) is 0 Å². The SMILES string of the molecule is CC1(C)c2cc(-c3ccc4cc(-c5ccc6ccccc6c5)ccc4c3)ccc2Oc2c1ccc1c2oc2ccccc21.CC1(C)c2cc(-c3ccc4ccccc4c3)ccc2Oc2c1ccc1c2oc2ccccc21.CC1(C)c2ccc(-c3ccc4c5c(cccc35)-c3ccccc3-4)cc2Oc2c1ccc1c2oc2ccccc21. The lowest BCUT2D eigenvalue weighted by molar-refractivity contribution is 0.415. The Hall–Kier alpha value is -14.2. The van der Waals surface area contributed by atoms with Crippen molar-refractivity contribution in [2.75, 3.05) is 0 Å². The zero-order valence-corrected chi connectivity index (χ0v) is 64.3. The highest BCUT2D eigenvalue weighted by Gasteiger charge is 2.40. The quantitative estimate of drug-likeness (QED) is 0.175. The second-order valence-electron chi connectivity index (χ2n) is 32.9. The summed E-state index contributed by atoms with van der Waals surface area (Å²) < 4.78 is 38.8. The van der Waals surface area contributed by atoms with Gasteiger partial charge in [-0.25, -0.2) is 0 Å². The average Bonchev–Trinajstić information content (AvgIpc) is 1.51. The van der Waals surface area contributed by atoms with E-state index in [2.05, 4.69) is 339 Å². The third-order valence-corrected chi connectivity index (χ3v) is 25.3. The van der Waals surface area contributed by atoms with Gasteiger partial charge in [0.05, 0.1) is 0 Å². The molecule has 0 atom stereocenters. The Bertz CT molecular complexity index is 7710. The van der Waals surface area contributed by atoms with E-state index < -0.39 is 0 Å². The van der Waals surface area contributed by atoms with Crippen molar-refractivity contribution >= 4 is 109 Å². The Morgan fingerprint density at radius 3 is 0.974 bits per heavy atom. The van der Waals surface area contributed by atoms with Gasteiger partial charge in [0.15, 0.2) is 34.0 Å². The van der Waals surface area contributed by atoms with Crippen LogP contribution in [0.3, 0.4) is 0 Å². The molecule has 6 heterocycles. The predicted molar refractivity (Wildman–Crippen MR) is 473 cm³/mol. The molecule has 6 heteroatoms. The Labute approximate surface area is 664 Å². The van der Waals surface area contributed by atoms with E-state index in [1.807, 2.05) is 42.5 Å². The van der Waals surface area contributed by atoms with Crippen LogP contribution in [0.2, 0.25) is 0 Å². The maximum atomic E-state index is 6.75. The van der Waals surface area contributed by atoms with Gasteiger partial charge in [-0.05, 0) is 201 Å². The molecule has 0 spiro atoms. The third-order valence-electron chi connectivity index (χ3n) is 25.3. The largest absolute Gasteiger partial charge is 0.453 e. The van der Waals surface area contributed by atoms with Crippen molar-refractivity contribution in [2.24, 2.45) is 0 Å². The Kier molecular flexibility index (Phi) is 14.4. The van der Waals surface area contributed by atoms with Crippen LogP contribution in [0.1, 0.15) is 74.9 Å². The van der Waals surface area contributed by atoms with Crippen molar-refractivity contribution in [1.29, 1.82) is 0 Å². The summed E-state index contributed by atoms with van der Waals surface area (Å²) in [5.41, 5.74) is 26.3. The summed E-state index contributed by atoms with van der Waals surface area (Å²) in [4.78, 5) is 0. The van der Waals surface area contributed by atoms with Crippen LogP contribution >= 0.6 is 0 Å². The Morgan fingerprint density at radius 1 is 0.191 bits per heavy atom. The zero-order chi connectivity index (χ0) is 76.7. The fourth-order valence-electron chi connectivity index (χ4n) is 19.1. The highest BCUT2D eigenvalue weighted by Crippen LogP contribution is 2.58. The second-order valence-corrected chi connectivity index (χ2v) is 32.9. The van der Waals surface area contributed by atoms with Crippen LogP contribution in [0.25, 0.3) is 176 Å². The molecule has 25 rings (SSSR count). The van der Waals surface area contributed by atoms with Gasteiger partial charge in [-0.15, -0.1) is 0 Å². The van der Waals surface area contributed by atoms with E-state index in [-0.39, 0.29) is 16.2 Å². The number of fused-ring (bicyclic) bond motifs is 24. The van der Waals surface area contributed by atoms with E-state index in [1.54, 1.807) is 0 Å². The number of hydrogen-bond acceptors (Lipinski definition) is 6.